The molecule has 6 heteroatoms. The maximum absolute atomic E-state index is 10.7. The molecule has 1 aromatic heterocycles. The molecule has 0 N–H and O–H groups in total. The van der Waals surface area contributed by atoms with Gasteiger partial charge in [0.25, 0.3) is 5.69 Å². The number of aromatic nitrogens is 2. The summed E-state index contributed by atoms with van der Waals surface area (Å²) in [6.45, 7) is 1.94. The first kappa shape index (κ1) is 15.0. The van der Waals surface area contributed by atoms with Gasteiger partial charge in [0, 0.05) is 29.1 Å². The molecule has 0 saturated heterocycles. The molecule has 114 valence electrons. The minimum Gasteiger partial charge on any atom is -0.258 e. The number of nitrogens with zero attached hydrogens (tertiary/aromatic N) is 3. The molecular formula is C16H17N3O2S. The Bertz CT molecular complexity index is 701. The second-order valence-electron chi connectivity index (χ2n) is 5.42. The Morgan fingerprint density at radius 1 is 1.18 bits per heavy atom. The van der Waals surface area contributed by atoms with E-state index >= 15 is 0 Å². The van der Waals surface area contributed by atoms with Crippen LogP contribution in [0.2, 0.25) is 0 Å². The van der Waals surface area contributed by atoms with Crippen molar-refractivity contribution >= 4 is 17.4 Å². The Morgan fingerprint density at radius 3 is 2.64 bits per heavy atom. The number of hydrogen-bond acceptors (Lipinski definition) is 5. The maximum atomic E-state index is 10.7. The van der Waals surface area contributed by atoms with Crippen molar-refractivity contribution in [3.05, 3.63) is 57.0 Å². The van der Waals surface area contributed by atoms with E-state index in [9.17, 15) is 10.1 Å². The molecule has 0 amide bonds. The summed E-state index contributed by atoms with van der Waals surface area (Å²) in [5, 5.41) is 11.7. The Balaban J connectivity index is 1.76. The highest BCUT2D eigenvalue weighted by atomic mass is 32.2. The number of hydrogen-bond donors (Lipinski definition) is 0. The summed E-state index contributed by atoms with van der Waals surface area (Å²) in [7, 11) is 0. The molecular weight excluding hydrogens is 298 g/mol. The lowest BCUT2D eigenvalue weighted by atomic mass is 9.97. The SMILES string of the molecule is Cc1nc2c(c(SCc3ccc([N+](=O)[O-])cc3)n1)CCCC2. The number of nitro benzene ring substituents is 1. The number of benzene rings is 1. The predicted molar refractivity (Wildman–Crippen MR) is 86.1 cm³/mol. The van der Waals surface area contributed by atoms with Crippen molar-refractivity contribution in [1.29, 1.82) is 0 Å². The fourth-order valence-electron chi connectivity index (χ4n) is 2.66. The van der Waals surface area contributed by atoms with Crippen LogP contribution in [-0.2, 0) is 18.6 Å². The molecule has 0 aliphatic heterocycles. The molecule has 0 atom stereocenters. The van der Waals surface area contributed by atoms with Crippen LogP contribution in [0.3, 0.4) is 0 Å². The normalized spacial score (nSPS) is 13.7. The lowest BCUT2D eigenvalue weighted by molar-refractivity contribution is -0.384. The van der Waals surface area contributed by atoms with Crippen molar-refractivity contribution in [2.24, 2.45) is 0 Å². The fourth-order valence-corrected chi connectivity index (χ4v) is 3.75. The molecule has 1 heterocycles. The van der Waals surface area contributed by atoms with Gasteiger partial charge < -0.3 is 0 Å². The zero-order chi connectivity index (χ0) is 15.5. The van der Waals surface area contributed by atoms with Crippen LogP contribution in [0.4, 0.5) is 5.69 Å². The van der Waals surface area contributed by atoms with Crippen LogP contribution in [0.1, 0.15) is 35.5 Å². The molecule has 3 rings (SSSR count). The monoisotopic (exact) mass is 315 g/mol. The second-order valence-corrected chi connectivity index (χ2v) is 6.38. The van der Waals surface area contributed by atoms with Gasteiger partial charge in [-0.15, -0.1) is 11.8 Å². The molecule has 1 aliphatic carbocycles. The lowest BCUT2D eigenvalue weighted by Gasteiger charge is -2.18. The van der Waals surface area contributed by atoms with Gasteiger partial charge in [-0.25, -0.2) is 9.97 Å². The highest BCUT2D eigenvalue weighted by molar-refractivity contribution is 7.98. The van der Waals surface area contributed by atoms with E-state index in [2.05, 4.69) is 9.97 Å². The molecule has 0 unspecified atom stereocenters. The van der Waals surface area contributed by atoms with Crippen molar-refractivity contribution in [2.75, 3.05) is 0 Å². The Kier molecular flexibility index (Phi) is 4.38. The van der Waals surface area contributed by atoms with Gasteiger partial charge in [-0.2, -0.15) is 0 Å². The fraction of sp³-hybridized carbons (Fsp3) is 0.375. The van der Waals surface area contributed by atoms with Crippen LogP contribution in [0.15, 0.2) is 29.3 Å². The molecule has 1 aromatic carbocycles. The average Bonchev–Trinajstić information content (AvgIpc) is 2.52. The lowest BCUT2D eigenvalue weighted by Crippen LogP contribution is -2.10. The quantitative estimate of drug-likeness (QED) is 0.371. The number of non-ortho nitro benzene ring substituents is 1. The Labute approximate surface area is 133 Å². The first-order chi connectivity index (χ1) is 10.6. The highest BCUT2D eigenvalue weighted by Gasteiger charge is 2.17. The first-order valence-corrected chi connectivity index (χ1v) is 8.34. The van der Waals surface area contributed by atoms with Crippen LogP contribution in [-0.4, -0.2) is 14.9 Å². The average molecular weight is 315 g/mol. The smallest absolute Gasteiger partial charge is 0.258 e. The van der Waals surface area contributed by atoms with E-state index in [-0.39, 0.29) is 10.6 Å². The topological polar surface area (TPSA) is 68.9 Å². The third-order valence-electron chi connectivity index (χ3n) is 3.78. The van der Waals surface area contributed by atoms with Gasteiger partial charge in [0.05, 0.1) is 4.92 Å². The van der Waals surface area contributed by atoms with E-state index < -0.39 is 0 Å². The molecule has 22 heavy (non-hydrogen) atoms. The van der Waals surface area contributed by atoms with Crippen molar-refractivity contribution in [1.82, 2.24) is 9.97 Å². The van der Waals surface area contributed by atoms with Gasteiger partial charge in [-0.05, 0) is 38.2 Å². The molecule has 2 aromatic rings. The number of aryl methyl sites for hydroxylation is 2. The molecule has 1 aliphatic rings. The molecule has 0 fully saturated rings. The summed E-state index contributed by atoms with van der Waals surface area (Å²) >= 11 is 1.70. The molecule has 0 saturated carbocycles. The highest BCUT2D eigenvalue weighted by Crippen LogP contribution is 2.31. The maximum Gasteiger partial charge on any atom is 0.269 e. The summed E-state index contributed by atoms with van der Waals surface area (Å²) in [6, 6.07) is 6.73. The van der Waals surface area contributed by atoms with Gasteiger partial charge in [0.2, 0.25) is 0 Å². The van der Waals surface area contributed by atoms with E-state index in [1.807, 2.05) is 19.1 Å². The predicted octanol–water partition coefficient (Wildman–Crippen LogP) is 3.86. The first-order valence-electron chi connectivity index (χ1n) is 7.36. The standard InChI is InChI=1S/C16H17N3O2S/c1-11-17-15-5-3-2-4-14(15)16(18-11)22-10-12-6-8-13(9-7-12)19(20)21/h6-9H,2-5,10H2,1H3. The van der Waals surface area contributed by atoms with Crippen LogP contribution in [0, 0.1) is 17.0 Å². The van der Waals surface area contributed by atoms with E-state index in [0.717, 1.165) is 35.0 Å². The minimum atomic E-state index is -0.374. The number of rotatable bonds is 4. The van der Waals surface area contributed by atoms with Gasteiger partial charge in [-0.3, -0.25) is 10.1 Å². The van der Waals surface area contributed by atoms with Crippen LogP contribution in [0.5, 0.6) is 0 Å². The summed E-state index contributed by atoms with van der Waals surface area (Å²) in [5.74, 6) is 1.59. The van der Waals surface area contributed by atoms with Gasteiger partial charge in [0.15, 0.2) is 0 Å². The van der Waals surface area contributed by atoms with E-state index in [1.165, 1.54) is 24.1 Å². The molecule has 0 radical (unpaired) electrons. The summed E-state index contributed by atoms with van der Waals surface area (Å²) in [4.78, 5) is 19.5. The van der Waals surface area contributed by atoms with Gasteiger partial charge in [-0.1, -0.05) is 12.1 Å². The zero-order valence-electron chi connectivity index (χ0n) is 12.4. The molecule has 0 bridgehead atoms. The Hall–Kier alpha value is -1.95. The van der Waals surface area contributed by atoms with Crippen LogP contribution in [0.25, 0.3) is 0 Å². The largest absolute Gasteiger partial charge is 0.269 e. The van der Waals surface area contributed by atoms with Crippen molar-refractivity contribution in [3.63, 3.8) is 0 Å². The van der Waals surface area contributed by atoms with Gasteiger partial charge >= 0.3 is 0 Å². The second kappa shape index (κ2) is 6.44. The number of fused-ring (bicyclic) bond motifs is 1. The third-order valence-corrected chi connectivity index (χ3v) is 4.87. The van der Waals surface area contributed by atoms with Crippen molar-refractivity contribution in [2.45, 2.75) is 43.4 Å². The van der Waals surface area contributed by atoms with Crippen LogP contribution < -0.4 is 0 Å². The number of thioether (sulfide) groups is 1. The van der Waals surface area contributed by atoms with E-state index in [4.69, 9.17) is 0 Å². The summed E-state index contributed by atoms with van der Waals surface area (Å²) in [6.07, 6.45) is 4.50. The van der Waals surface area contributed by atoms with E-state index in [1.54, 1.807) is 23.9 Å². The number of nitro groups is 1. The van der Waals surface area contributed by atoms with Gasteiger partial charge in [0.1, 0.15) is 10.9 Å². The molecule has 0 spiro atoms. The van der Waals surface area contributed by atoms with Crippen molar-refractivity contribution < 1.29 is 4.92 Å². The zero-order valence-corrected chi connectivity index (χ0v) is 13.2. The van der Waals surface area contributed by atoms with Crippen LogP contribution >= 0.6 is 11.8 Å². The Morgan fingerprint density at radius 2 is 1.91 bits per heavy atom. The van der Waals surface area contributed by atoms with E-state index in [0.29, 0.717) is 0 Å². The van der Waals surface area contributed by atoms with Crippen molar-refractivity contribution in [3.8, 4) is 0 Å². The minimum absolute atomic E-state index is 0.129. The summed E-state index contributed by atoms with van der Waals surface area (Å²) in [5.41, 5.74) is 3.69. The third kappa shape index (κ3) is 3.27. The summed E-state index contributed by atoms with van der Waals surface area (Å²) < 4.78 is 0. The molecule has 5 nitrogen and oxygen atoms in total.